The van der Waals surface area contributed by atoms with Crippen LogP contribution < -0.4 is 14.4 Å². The molecule has 1 saturated heterocycles. The van der Waals surface area contributed by atoms with Crippen LogP contribution in [0.2, 0.25) is 5.02 Å². The van der Waals surface area contributed by atoms with Gasteiger partial charge in [0.2, 0.25) is 12.7 Å². The van der Waals surface area contributed by atoms with E-state index in [9.17, 15) is 9.59 Å². The lowest BCUT2D eigenvalue weighted by Gasteiger charge is -2.36. The summed E-state index contributed by atoms with van der Waals surface area (Å²) in [6.07, 6.45) is 0. The number of anilines is 1. The molecule has 0 N–H and O–H groups in total. The highest BCUT2D eigenvalue weighted by Crippen LogP contribution is 2.33. The zero-order chi connectivity index (χ0) is 28.2. The summed E-state index contributed by atoms with van der Waals surface area (Å²) in [5.41, 5.74) is 3.00. The molecule has 0 spiro atoms. The maximum atomic E-state index is 13.6. The highest BCUT2D eigenvalue weighted by molar-refractivity contribution is 6.33. The molecule has 2 aliphatic heterocycles. The number of fused-ring (bicyclic) bond motifs is 1. The van der Waals surface area contributed by atoms with E-state index in [-0.39, 0.29) is 31.7 Å². The van der Waals surface area contributed by atoms with Gasteiger partial charge in [-0.15, -0.1) is 10.2 Å². The molecule has 1 aromatic heterocycles. The molecule has 0 unspecified atom stereocenters. The highest BCUT2D eigenvalue weighted by atomic mass is 35.5. The predicted octanol–water partition coefficient (Wildman–Crippen LogP) is 4.52. The summed E-state index contributed by atoms with van der Waals surface area (Å²) in [4.78, 5) is 32.5. The zero-order valence-electron chi connectivity index (χ0n) is 22.3. The van der Waals surface area contributed by atoms with Crippen molar-refractivity contribution in [1.29, 1.82) is 0 Å². The van der Waals surface area contributed by atoms with Gasteiger partial charge in [0.25, 0.3) is 5.91 Å². The van der Waals surface area contributed by atoms with Crippen molar-refractivity contribution in [2.24, 2.45) is 0 Å². The fourth-order valence-corrected chi connectivity index (χ4v) is 5.19. The van der Waals surface area contributed by atoms with Gasteiger partial charge in [-0.2, -0.15) is 0 Å². The lowest BCUT2D eigenvalue weighted by molar-refractivity contribution is -0.132. The highest BCUT2D eigenvalue weighted by Gasteiger charge is 2.27. The van der Waals surface area contributed by atoms with Crippen LogP contribution in [0.1, 0.15) is 15.9 Å². The van der Waals surface area contributed by atoms with Crippen LogP contribution in [-0.2, 0) is 11.3 Å². The fraction of sp³-hybridized carbons (Fsp3) is 0.226. The number of ether oxygens (including phenoxy) is 2. The van der Waals surface area contributed by atoms with Crippen molar-refractivity contribution < 1.29 is 19.1 Å². The van der Waals surface area contributed by atoms with Crippen LogP contribution in [0.15, 0.2) is 84.9 Å². The molecule has 0 saturated carbocycles. The SMILES string of the molecule is O=C(CN(Cc1ccc2c(c1)OCO2)C(=O)c1ccccc1Cl)N1CCN(c2ccc(-c3ccccc3)nn2)CC1. The van der Waals surface area contributed by atoms with Crippen LogP contribution in [-0.4, -0.2) is 71.3 Å². The van der Waals surface area contributed by atoms with Gasteiger partial charge in [0.1, 0.15) is 6.54 Å². The minimum absolute atomic E-state index is 0.0793. The van der Waals surface area contributed by atoms with E-state index < -0.39 is 0 Å². The van der Waals surface area contributed by atoms with Gasteiger partial charge in [0.05, 0.1) is 16.3 Å². The Labute approximate surface area is 242 Å². The molecule has 6 rings (SSSR count). The quantitative estimate of drug-likeness (QED) is 0.323. The van der Waals surface area contributed by atoms with Crippen molar-refractivity contribution in [3.8, 4) is 22.8 Å². The third-order valence-electron chi connectivity index (χ3n) is 7.20. The number of carbonyl (C=O) groups excluding carboxylic acids is 2. The van der Waals surface area contributed by atoms with Gasteiger partial charge in [0.15, 0.2) is 17.3 Å². The van der Waals surface area contributed by atoms with Crippen molar-refractivity contribution >= 4 is 29.2 Å². The summed E-state index contributed by atoms with van der Waals surface area (Å²) in [5, 5.41) is 9.15. The number of hydrogen-bond acceptors (Lipinski definition) is 7. The third kappa shape index (κ3) is 5.95. The predicted molar refractivity (Wildman–Crippen MR) is 155 cm³/mol. The number of hydrogen-bond donors (Lipinski definition) is 0. The Morgan fingerprint density at radius 1 is 0.829 bits per heavy atom. The van der Waals surface area contributed by atoms with Gasteiger partial charge in [-0.25, -0.2) is 0 Å². The maximum Gasteiger partial charge on any atom is 0.256 e. The van der Waals surface area contributed by atoms with Crippen LogP contribution in [0, 0.1) is 0 Å². The number of rotatable bonds is 7. The molecular formula is C31H28ClN5O4. The van der Waals surface area contributed by atoms with Crippen molar-refractivity contribution in [2.45, 2.75) is 6.54 Å². The monoisotopic (exact) mass is 569 g/mol. The topological polar surface area (TPSA) is 88.1 Å². The molecule has 9 nitrogen and oxygen atoms in total. The first-order chi connectivity index (χ1) is 20.0. The second-order valence-electron chi connectivity index (χ2n) is 9.84. The zero-order valence-corrected chi connectivity index (χ0v) is 23.0. The molecule has 2 amide bonds. The van der Waals surface area contributed by atoms with Gasteiger partial charge in [0, 0.05) is 38.3 Å². The van der Waals surface area contributed by atoms with E-state index in [0.29, 0.717) is 48.3 Å². The normalized spacial score (nSPS) is 14.2. The van der Waals surface area contributed by atoms with Crippen molar-refractivity contribution in [2.75, 3.05) is 44.4 Å². The molecule has 0 aliphatic carbocycles. The maximum absolute atomic E-state index is 13.6. The summed E-state index contributed by atoms with van der Waals surface area (Å²) in [6.45, 7) is 2.56. The number of nitrogens with zero attached hydrogens (tertiary/aromatic N) is 5. The molecular weight excluding hydrogens is 542 g/mol. The second kappa shape index (κ2) is 11.9. The fourth-order valence-electron chi connectivity index (χ4n) is 4.97. The van der Waals surface area contributed by atoms with E-state index in [2.05, 4.69) is 15.1 Å². The van der Waals surface area contributed by atoms with E-state index in [1.165, 1.54) is 4.90 Å². The molecule has 2 aliphatic rings. The average molecular weight is 570 g/mol. The molecule has 0 atom stereocenters. The van der Waals surface area contributed by atoms with Crippen LogP contribution in [0.3, 0.4) is 0 Å². The summed E-state index contributed by atoms with van der Waals surface area (Å²) in [7, 11) is 0. The van der Waals surface area contributed by atoms with Crippen molar-refractivity contribution in [1.82, 2.24) is 20.0 Å². The van der Waals surface area contributed by atoms with E-state index in [0.717, 1.165) is 22.6 Å². The number of halogens is 1. The standard InChI is InChI=1S/C31H28ClN5O4/c32-25-9-5-4-8-24(25)31(39)37(19-22-10-12-27-28(18-22)41-21-40-27)20-30(38)36-16-14-35(15-17-36)29-13-11-26(33-34-29)23-6-2-1-3-7-23/h1-13,18H,14-17,19-21H2. The Hall–Kier alpha value is -4.63. The molecule has 208 valence electrons. The van der Waals surface area contributed by atoms with Crippen LogP contribution >= 0.6 is 11.6 Å². The van der Waals surface area contributed by atoms with Gasteiger partial charge < -0.3 is 24.2 Å². The molecule has 0 bridgehead atoms. The number of piperazine rings is 1. The molecule has 10 heteroatoms. The first-order valence-electron chi connectivity index (χ1n) is 13.4. The molecule has 0 radical (unpaired) electrons. The van der Waals surface area contributed by atoms with E-state index >= 15 is 0 Å². The Kier molecular flexibility index (Phi) is 7.69. The van der Waals surface area contributed by atoms with Gasteiger partial charge in [-0.3, -0.25) is 9.59 Å². The second-order valence-corrected chi connectivity index (χ2v) is 10.2. The summed E-state index contributed by atoms with van der Waals surface area (Å²) in [5.74, 6) is 1.61. The summed E-state index contributed by atoms with van der Waals surface area (Å²) in [6, 6.07) is 26.2. The summed E-state index contributed by atoms with van der Waals surface area (Å²) >= 11 is 6.35. The molecule has 4 aromatic rings. The lowest BCUT2D eigenvalue weighted by atomic mass is 10.1. The number of amides is 2. The van der Waals surface area contributed by atoms with Gasteiger partial charge in [-0.05, 0) is 42.0 Å². The first kappa shape index (κ1) is 26.6. The van der Waals surface area contributed by atoms with Gasteiger partial charge >= 0.3 is 0 Å². The molecule has 3 heterocycles. The molecule has 41 heavy (non-hydrogen) atoms. The average Bonchev–Trinajstić information content (AvgIpc) is 3.49. The molecule has 1 fully saturated rings. The minimum atomic E-state index is -0.311. The Morgan fingerprint density at radius 2 is 1.59 bits per heavy atom. The van der Waals surface area contributed by atoms with E-state index in [4.69, 9.17) is 21.1 Å². The van der Waals surface area contributed by atoms with Crippen LogP contribution in [0.4, 0.5) is 5.82 Å². The smallest absolute Gasteiger partial charge is 0.256 e. The van der Waals surface area contributed by atoms with E-state index in [1.807, 2.05) is 60.7 Å². The van der Waals surface area contributed by atoms with E-state index in [1.54, 1.807) is 29.2 Å². The Morgan fingerprint density at radius 3 is 2.34 bits per heavy atom. The Bertz CT molecular complexity index is 1540. The van der Waals surface area contributed by atoms with Crippen molar-refractivity contribution in [3.05, 3.63) is 101 Å². The number of carbonyl (C=O) groups is 2. The third-order valence-corrected chi connectivity index (χ3v) is 7.53. The largest absolute Gasteiger partial charge is 0.454 e. The first-order valence-corrected chi connectivity index (χ1v) is 13.8. The van der Waals surface area contributed by atoms with Crippen molar-refractivity contribution in [3.63, 3.8) is 0 Å². The Balaban J connectivity index is 1.12. The van der Waals surface area contributed by atoms with Crippen LogP contribution in [0.5, 0.6) is 11.5 Å². The number of aromatic nitrogens is 2. The minimum Gasteiger partial charge on any atom is -0.454 e. The molecule has 3 aromatic carbocycles. The number of benzene rings is 3. The van der Waals surface area contributed by atoms with Crippen LogP contribution in [0.25, 0.3) is 11.3 Å². The summed E-state index contributed by atoms with van der Waals surface area (Å²) < 4.78 is 10.9. The lowest BCUT2D eigenvalue weighted by Crippen LogP contribution is -2.52. The van der Waals surface area contributed by atoms with Gasteiger partial charge in [-0.1, -0.05) is 60.1 Å².